The number of nitrogens with one attached hydrogen (secondary N) is 1. The summed E-state index contributed by atoms with van der Waals surface area (Å²) in [6.07, 6.45) is 0.288. The lowest BCUT2D eigenvalue weighted by Crippen LogP contribution is -2.48. The summed E-state index contributed by atoms with van der Waals surface area (Å²) in [5, 5.41) is 2.83. The van der Waals surface area contributed by atoms with E-state index in [1.165, 1.54) is 11.1 Å². The predicted molar refractivity (Wildman–Crippen MR) is 109 cm³/mol. The van der Waals surface area contributed by atoms with Crippen molar-refractivity contribution in [3.63, 3.8) is 0 Å². The van der Waals surface area contributed by atoms with Crippen LogP contribution in [0.2, 0.25) is 0 Å². The first-order chi connectivity index (χ1) is 12.8. The van der Waals surface area contributed by atoms with Gasteiger partial charge in [0, 0.05) is 13.1 Å². The van der Waals surface area contributed by atoms with Gasteiger partial charge in [0.2, 0.25) is 11.8 Å². The Morgan fingerprint density at radius 2 is 1.70 bits per heavy atom. The molecule has 0 aliphatic heterocycles. The minimum absolute atomic E-state index is 0.0414. The molecule has 144 valence electrons. The number of likely N-dealkylation sites (N-methyl/N-ethyl adjacent to an activating group) is 1. The third kappa shape index (κ3) is 5.43. The first kappa shape index (κ1) is 20.7. The average Bonchev–Trinajstić information content (AvgIpc) is 2.63. The van der Waals surface area contributed by atoms with E-state index < -0.39 is 6.04 Å². The van der Waals surface area contributed by atoms with Gasteiger partial charge < -0.3 is 10.2 Å². The highest BCUT2D eigenvalue weighted by atomic mass is 16.2. The molecular formula is C23H30N2O2. The first-order valence-electron chi connectivity index (χ1n) is 9.51. The Morgan fingerprint density at radius 1 is 1.00 bits per heavy atom. The number of rotatable bonds is 7. The molecule has 0 aliphatic rings. The molecule has 0 saturated heterocycles. The molecule has 0 aromatic heterocycles. The van der Waals surface area contributed by atoms with Crippen LogP contribution in [0.4, 0.5) is 0 Å². The highest BCUT2D eigenvalue weighted by Gasteiger charge is 2.26. The predicted octanol–water partition coefficient (Wildman–Crippen LogP) is 3.71. The first-order valence-corrected chi connectivity index (χ1v) is 9.51. The maximum absolute atomic E-state index is 13.1. The number of aryl methyl sites for hydroxylation is 3. The fourth-order valence-electron chi connectivity index (χ4n) is 3.07. The third-order valence-electron chi connectivity index (χ3n) is 5.05. The second kappa shape index (κ2) is 9.36. The van der Waals surface area contributed by atoms with Crippen LogP contribution >= 0.6 is 0 Å². The van der Waals surface area contributed by atoms with E-state index in [0.29, 0.717) is 13.1 Å². The molecule has 2 amide bonds. The molecule has 27 heavy (non-hydrogen) atoms. The van der Waals surface area contributed by atoms with Crippen LogP contribution < -0.4 is 5.32 Å². The summed E-state index contributed by atoms with van der Waals surface area (Å²) in [5.41, 5.74) is 5.52. The highest BCUT2D eigenvalue weighted by molar-refractivity contribution is 5.88. The molecule has 0 unspecified atom stereocenters. The number of carbonyl (C=O) groups excluding carboxylic acids is 2. The van der Waals surface area contributed by atoms with Crippen molar-refractivity contribution in [1.29, 1.82) is 0 Å². The van der Waals surface area contributed by atoms with E-state index in [1.54, 1.807) is 11.8 Å². The number of hydrogen-bond acceptors (Lipinski definition) is 2. The number of amides is 2. The lowest BCUT2D eigenvalue weighted by molar-refractivity contribution is -0.140. The maximum atomic E-state index is 13.1. The number of carbonyl (C=O) groups is 2. The Labute approximate surface area is 162 Å². The number of benzene rings is 2. The molecular weight excluding hydrogens is 336 g/mol. The Bertz CT molecular complexity index is 814. The summed E-state index contributed by atoms with van der Waals surface area (Å²) in [7, 11) is 0. The maximum Gasteiger partial charge on any atom is 0.242 e. The molecule has 0 heterocycles. The van der Waals surface area contributed by atoms with Crippen molar-refractivity contribution in [2.45, 2.75) is 53.6 Å². The van der Waals surface area contributed by atoms with Gasteiger partial charge in [0.1, 0.15) is 6.04 Å². The van der Waals surface area contributed by atoms with Gasteiger partial charge in [0.15, 0.2) is 0 Å². The third-order valence-corrected chi connectivity index (χ3v) is 5.05. The molecule has 4 heteroatoms. The van der Waals surface area contributed by atoms with E-state index in [1.807, 2.05) is 57.2 Å². The molecule has 0 aliphatic carbocycles. The summed E-state index contributed by atoms with van der Waals surface area (Å²) in [6.45, 7) is 10.8. The second-order valence-corrected chi connectivity index (χ2v) is 7.11. The molecule has 1 N–H and O–H groups in total. The molecule has 0 bridgehead atoms. The van der Waals surface area contributed by atoms with Gasteiger partial charge in [0.25, 0.3) is 0 Å². The topological polar surface area (TPSA) is 49.4 Å². The second-order valence-electron chi connectivity index (χ2n) is 7.11. The van der Waals surface area contributed by atoms with Gasteiger partial charge in [-0.3, -0.25) is 9.59 Å². The number of nitrogens with zero attached hydrogens (tertiary/aromatic N) is 1. The minimum atomic E-state index is -0.524. The zero-order chi connectivity index (χ0) is 20.0. The largest absolute Gasteiger partial charge is 0.355 e. The van der Waals surface area contributed by atoms with Gasteiger partial charge in [-0.15, -0.1) is 0 Å². The van der Waals surface area contributed by atoms with Crippen molar-refractivity contribution >= 4 is 11.8 Å². The van der Waals surface area contributed by atoms with Crippen LogP contribution in [0.1, 0.15) is 41.7 Å². The zero-order valence-electron chi connectivity index (χ0n) is 17.0. The molecule has 4 nitrogen and oxygen atoms in total. The molecule has 0 radical (unpaired) electrons. The quantitative estimate of drug-likeness (QED) is 0.812. The van der Waals surface area contributed by atoms with Crippen LogP contribution in [0.3, 0.4) is 0 Å². The van der Waals surface area contributed by atoms with Gasteiger partial charge >= 0.3 is 0 Å². The van der Waals surface area contributed by atoms with Crippen molar-refractivity contribution in [1.82, 2.24) is 10.2 Å². The Hall–Kier alpha value is -2.62. The Balaban J connectivity index is 2.26. The van der Waals surface area contributed by atoms with Crippen molar-refractivity contribution in [3.05, 3.63) is 70.3 Å². The number of hydrogen-bond donors (Lipinski definition) is 1. The van der Waals surface area contributed by atoms with Crippen molar-refractivity contribution < 1.29 is 9.59 Å². The monoisotopic (exact) mass is 366 g/mol. The normalized spacial score (nSPS) is 11.7. The molecule has 0 fully saturated rings. The van der Waals surface area contributed by atoms with Crippen LogP contribution in [0, 0.1) is 20.8 Å². The van der Waals surface area contributed by atoms with Gasteiger partial charge in [-0.05, 0) is 62.4 Å². The fourth-order valence-corrected chi connectivity index (χ4v) is 3.07. The van der Waals surface area contributed by atoms with Crippen LogP contribution in [0.25, 0.3) is 0 Å². The fraction of sp³-hybridized carbons (Fsp3) is 0.391. The smallest absolute Gasteiger partial charge is 0.242 e. The van der Waals surface area contributed by atoms with E-state index in [2.05, 4.69) is 18.3 Å². The van der Waals surface area contributed by atoms with Crippen LogP contribution in [0.15, 0.2) is 42.5 Å². The van der Waals surface area contributed by atoms with Crippen molar-refractivity contribution in [3.8, 4) is 0 Å². The molecule has 0 saturated carbocycles. The Kier molecular flexibility index (Phi) is 7.17. The van der Waals surface area contributed by atoms with E-state index in [-0.39, 0.29) is 18.2 Å². The van der Waals surface area contributed by atoms with Crippen molar-refractivity contribution in [2.24, 2.45) is 0 Å². The molecule has 2 aromatic carbocycles. The molecule has 2 aromatic rings. The van der Waals surface area contributed by atoms with Crippen molar-refractivity contribution in [2.75, 3.05) is 6.54 Å². The van der Waals surface area contributed by atoms with E-state index >= 15 is 0 Å². The highest BCUT2D eigenvalue weighted by Crippen LogP contribution is 2.16. The Morgan fingerprint density at radius 3 is 2.33 bits per heavy atom. The minimum Gasteiger partial charge on any atom is -0.355 e. The van der Waals surface area contributed by atoms with E-state index in [4.69, 9.17) is 0 Å². The van der Waals surface area contributed by atoms with E-state index in [9.17, 15) is 9.59 Å². The summed E-state index contributed by atoms with van der Waals surface area (Å²) in [5.74, 6) is -0.167. The van der Waals surface area contributed by atoms with Crippen LogP contribution in [-0.4, -0.2) is 29.3 Å². The average molecular weight is 367 g/mol. The van der Waals surface area contributed by atoms with Gasteiger partial charge in [0.05, 0.1) is 6.42 Å². The van der Waals surface area contributed by atoms with E-state index in [0.717, 1.165) is 16.7 Å². The summed E-state index contributed by atoms with van der Waals surface area (Å²) >= 11 is 0. The lowest BCUT2D eigenvalue weighted by Gasteiger charge is -2.29. The molecule has 0 spiro atoms. The van der Waals surface area contributed by atoms with Crippen LogP contribution in [-0.2, 0) is 22.6 Å². The van der Waals surface area contributed by atoms with Crippen LogP contribution in [0.5, 0.6) is 0 Å². The SMILES string of the molecule is CCNC(=O)[C@@H](C)N(Cc1ccccc1C)C(=O)Cc1ccc(C)c(C)c1. The van der Waals surface area contributed by atoms with Gasteiger partial charge in [-0.2, -0.15) is 0 Å². The zero-order valence-corrected chi connectivity index (χ0v) is 17.0. The lowest BCUT2D eigenvalue weighted by atomic mass is 10.0. The summed E-state index contributed by atoms with van der Waals surface area (Å²) in [6, 6.07) is 13.5. The van der Waals surface area contributed by atoms with Gasteiger partial charge in [-0.25, -0.2) is 0 Å². The summed E-state index contributed by atoms with van der Waals surface area (Å²) < 4.78 is 0. The standard InChI is InChI=1S/C23H30N2O2/c1-6-24-23(27)19(5)25(15-21-10-8-7-9-17(21)3)22(26)14-20-12-11-16(2)18(4)13-20/h7-13,19H,6,14-15H2,1-5H3,(H,24,27)/t19-/m1/s1. The molecule has 2 rings (SSSR count). The molecule has 1 atom stereocenters. The van der Waals surface area contributed by atoms with Gasteiger partial charge in [-0.1, -0.05) is 42.5 Å². The summed E-state index contributed by atoms with van der Waals surface area (Å²) in [4.78, 5) is 27.2.